The Labute approximate surface area is 341 Å². The van der Waals surface area contributed by atoms with Crippen LogP contribution in [0.1, 0.15) is 40.3 Å². The first-order valence-electron chi connectivity index (χ1n) is 19.1. The third kappa shape index (κ3) is 10.5. The molecule has 14 heteroatoms. The zero-order valence-electron chi connectivity index (χ0n) is 31.9. The lowest BCUT2D eigenvalue weighted by Crippen LogP contribution is -2.37. The van der Waals surface area contributed by atoms with Crippen LogP contribution in [0.2, 0.25) is 5.02 Å². The van der Waals surface area contributed by atoms with Crippen molar-refractivity contribution in [2.75, 3.05) is 37.6 Å². The number of nitrogens with zero attached hydrogens (tertiary/aromatic N) is 9. The van der Waals surface area contributed by atoms with Gasteiger partial charge in [-0.3, -0.25) is 39.8 Å². The molecule has 0 amide bonds. The quantitative estimate of drug-likeness (QED) is 0.0959. The fourth-order valence-electron chi connectivity index (χ4n) is 7.46. The number of hydrogen-bond donors (Lipinski definition) is 1. The van der Waals surface area contributed by atoms with E-state index in [9.17, 15) is 24.9 Å². The molecule has 4 bridgehead atoms. The summed E-state index contributed by atoms with van der Waals surface area (Å²) in [7, 11) is 0. The van der Waals surface area contributed by atoms with Crippen molar-refractivity contribution < 1.29 is 14.4 Å². The number of phenolic OH excluding ortho intramolecular Hbond substituents is 1. The number of nitro benzene ring substituents is 1. The topological polar surface area (TPSA) is 139 Å². The van der Waals surface area contributed by atoms with Crippen molar-refractivity contribution >= 4 is 33.9 Å². The largest absolute Gasteiger partial charge is 0.504 e. The second-order valence-electron chi connectivity index (χ2n) is 14.5. The van der Waals surface area contributed by atoms with E-state index in [0.29, 0.717) is 93.5 Å². The van der Waals surface area contributed by atoms with E-state index < -0.39 is 4.92 Å². The number of fused-ring (bicyclic) bond motifs is 5. The van der Waals surface area contributed by atoms with Gasteiger partial charge < -0.3 is 10.0 Å². The lowest BCUT2D eigenvalue weighted by atomic mass is 10.1. The Morgan fingerprint density at radius 1 is 0.759 bits per heavy atom. The first kappa shape index (κ1) is 40.2. The molecule has 6 aromatic rings. The molecule has 296 valence electrons. The third-order valence-electron chi connectivity index (χ3n) is 10.1. The minimum atomic E-state index is -0.394. The van der Waals surface area contributed by atoms with Gasteiger partial charge in [-0.05, 0) is 72.1 Å². The van der Waals surface area contributed by atoms with Crippen molar-refractivity contribution in [3.8, 4) is 11.8 Å². The molecule has 0 spiro atoms. The number of nitriles is 1. The number of anilines is 1. The SMILES string of the molecule is N#CCN1CCCN(c2cc(Cl)c3cccnc3c2O)CCN(Cc2cccc([N+](=O)[O-])c2)Cc2cccc(n2)CN(Cc2cccc(F)c2)Cc2cccc(n2)C1. The maximum Gasteiger partial charge on any atom is 0.269 e. The van der Waals surface area contributed by atoms with Crippen LogP contribution in [0.4, 0.5) is 15.8 Å². The second-order valence-corrected chi connectivity index (χ2v) is 14.9. The van der Waals surface area contributed by atoms with E-state index in [-0.39, 0.29) is 23.8 Å². The minimum absolute atomic E-state index is 0.0137. The van der Waals surface area contributed by atoms with Gasteiger partial charge in [-0.2, -0.15) is 5.26 Å². The first-order chi connectivity index (χ1) is 28.2. The molecule has 1 N–H and O–H groups in total. The van der Waals surface area contributed by atoms with Crippen molar-refractivity contribution in [1.29, 1.82) is 5.26 Å². The Morgan fingerprint density at radius 3 is 2.05 bits per heavy atom. The Bertz CT molecular complexity index is 2430. The molecule has 0 saturated heterocycles. The highest BCUT2D eigenvalue weighted by Crippen LogP contribution is 2.38. The molecule has 1 aliphatic rings. The number of halogens is 2. The highest BCUT2D eigenvalue weighted by atomic mass is 35.5. The summed E-state index contributed by atoms with van der Waals surface area (Å²) in [4.78, 5) is 34.4. The van der Waals surface area contributed by atoms with Crippen LogP contribution in [0.3, 0.4) is 0 Å². The van der Waals surface area contributed by atoms with E-state index in [1.54, 1.807) is 42.6 Å². The molecular formula is C44H43ClFN9O3. The number of nitro groups is 1. The summed E-state index contributed by atoms with van der Waals surface area (Å²) in [5.74, 6) is -0.277. The fraction of sp³-hybridized carbons (Fsp3) is 0.273. The van der Waals surface area contributed by atoms with Gasteiger partial charge in [-0.15, -0.1) is 0 Å². The maximum absolute atomic E-state index is 14.3. The van der Waals surface area contributed by atoms with Gasteiger partial charge in [0.25, 0.3) is 5.69 Å². The van der Waals surface area contributed by atoms with E-state index in [4.69, 9.17) is 21.6 Å². The van der Waals surface area contributed by atoms with E-state index in [1.807, 2.05) is 54.6 Å². The summed E-state index contributed by atoms with van der Waals surface area (Å²) >= 11 is 6.80. The normalized spacial score (nSPS) is 15.3. The number of pyridine rings is 3. The molecule has 1 aliphatic heterocycles. The van der Waals surface area contributed by atoms with E-state index in [2.05, 4.69) is 30.7 Å². The van der Waals surface area contributed by atoms with Crippen LogP contribution in [0.15, 0.2) is 109 Å². The molecule has 0 fully saturated rings. The van der Waals surface area contributed by atoms with Crippen molar-refractivity contribution in [3.63, 3.8) is 0 Å². The molecule has 58 heavy (non-hydrogen) atoms. The fourth-order valence-corrected chi connectivity index (χ4v) is 7.71. The molecule has 0 aliphatic carbocycles. The molecule has 0 atom stereocenters. The van der Waals surface area contributed by atoms with Gasteiger partial charge in [0.2, 0.25) is 0 Å². The number of aromatic hydroxyl groups is 1. The van der Waals surface area contributed by atoms with Gasteiger partial charge >= 0.3 is 0 Å². The summed E-state index contributed by atoms with van der Waals surface area (Å²) < 4.78 is 14.3. The number of non-ortho nitro benzene ring substituents is 1. The monoisotopic (exact) mass is 799 g/mol. The third-order valence-corrected chi connectivity index (χ3v) is 10.4. The van der Waals surface area contributed by atoms with Crippen molar-refractivity contribution in [3.05, 3.63) is 164 Å². The molecule has 4 heterocycles. The number of hydrogen-bond acceptors (Lipinski definition) is 11. The van der Waals surface area contributed by atoms with Crippen molar-refractivity contribution in [2.24, 2.45) is 0 Å². The summed E-state index contributed by atoms with van der Waals surface area (Å²) in [6.07, 6.45) is 2.27. The van der Waals surface area contributed by atoms with Gasteiger partial charge in [0.1, 0.15) is 11.3 Å². The minimum Gasteiger partial charge on any atom is -0.504 e. The van der Waals surface area contributed by atoms with Gasteiger partial charge in [0.15, 0.2) is 5.75 Å². The van der Waals surface area contributed by atoms with Gasteiger partial charge in [0, 0.05) is 89.2 Å². The van der Waals surface area contributed by atoms with Crippen LogP contribution in [0.5, 0.6) is 5.75 Å². The number of rotatable bonds is 7. The Hall–Kier alpha value is -6.04. The highest BCUT2D eigenvalue weighted by Gasteiger charge is 2.21. The maximum atomic E-state index is 14.3. The second kappa shape index (κ2) is 18.9. The molecule has 7 rings (SSSR count). The number of benzene rings is 3. The standard InChI is InChI=1S/C44H43ClFN9O3/c45-41-25-42(44(56)43-40(41)15-5-17-48-43)54-19-6-18-51(20-16-47)28-35-10-3-12-37(49-35)30-53(27-32-7-1-9-34(46)23-32)31-38-13-4-11-36(50-38)29-52(21-22-54)26-33-8-2-14-39(24-33)55(57)58/h1-5,7-15,17,23-25,56H,6,18-22,26-31H2. The lowest BCUT2D eigenvalue weighted by molar-refractivity contribution is -0.384. The van der Waals surface area contributed by atoms with E-state index >= 15 is 0 Å². The molecule has 0 saturated carbocycles. The van der Waals surface area contributed by atoms with Gasteiger partial charge in [-0.25, -0.2) is 4.39 Å². The Balaban J connectivity index is 1.26. The molecular weight excluding hydrogens is 757 g/mol. The zero-order valence-corrected chi connectivity index (χ0v) is 32.7. The summed E-state index contributed by atoms with van der Waals surface area (Å²) in [6.45, 7) is 4.95. The Morgan fingerprint density at radius 2 is 1.38 bits per heavy atom. The molecule has 3 aromatic heterocycles. The van der Waals surface area contributed by atoms with Crippen molar-refractivity contribution in [1.82, 2.24) is 29.7 Å². The summed E-state index contributed by atoms with van der Waals surface area (Å²) in [5.41, 5.74) is 5.86. The molecule has 0 unspecified atom stereocenters. The number of aromatic nitrogens is 3. The number of phenols is 1. The lowest BCUT2D eigenvalue weighted by Gasteiger charge is -2.31. The van der Waals surface area contributed by atoms with Crippen LogP contribution in [0, 0.1) is 27.3 Å². The van der Waals surface area contributed by atoms with Crippen LogP contribution < -0.4 is 4.90 Å². The highest BCUT2D eigenvalue weighted by molar-refractivity contribution is 6.36. The van der Waals surface area contributed by atoms with E-state index in [0.717, 1.165) is 33.9 Å². The average molecular weight is 800 g/mol. The van der Waals surface area contributed by atoms with Crippen LogP contribution in [-0.4, -0.2) is 72.4 Å². The Kier molecular flexibility index (Phi) is 13.1. The summed E-state index contributed by atoms with van der Waals surface area (Å²) in [6, 6.07) is 32.7. The predicted molar refractivity (Wildman–Crippen MR) is 221 cm³/mol. The average Bonchev–Trinajstić information content (AvgIpc) is 3.21. The van der Waals surface area contributed by atoms with Gasteiger partial charge in [0.05, 0.1) is 51.0 Å². The molecule has 3 aromatic carbocycles. The van der Waals surface area contributed by atoms with Crippen molar-refractivity contribution in [2.45, 2.75) is 45.7 Å². The summed E-state index contributed by atoms with van der Waals surface area (Å²) in [5, 5.41) is 34.3. The van der Waals surface area contributed by atoms with Crippen LogP contribution >= 0.6 is 11.6 Å². The zero-order chi connectivity index (χ0) is 40.4. The molecule has 12 nitrogen and oxygen atoms in total. The van der Waals surface area contributed by atoms with Gasteiger partial charge in [-0.1, -0.05) is 48.0 Å². The van der Waals surface area contributed by atoms with E-state index in [1.165, 1.54) is 12.1 Å². The predicted octanol–water partition coefficient (Wildman–Crippen LogP) is 7.87. The first-order valence-corrected chi connectivity index (χ1v) is 19.5. The smallest absolute Gasteiger partial charge is 0.269 e. The molecule has 0 radical (unpaired) electrons. The van der Waals surface area contributed by atoms with Crippen LogP contribution in [0.25, 0.3) is 10.9 Å². The van der Waals surface area contributed by atoms with Crippen LogP contribution in [-0.2, 0) is 39.3 Å².